The Bertz CT molecular complexity index is 431. The van der Waals surface area contributed by atoms with Crippen molar-refractivity contribution < 1.29 is 0 Å². The summed E-state index contributed by atoms with van der Waals surface area (Å²) < 4.78 is 1.96. The molecule has 1 atom stereocenters. The lowest BCUT2D eigenvalue weighted by Gasteiger charge is -2.11. The average Bonchev–Trinajstić information content (AvgIpc) is 2.87. The standard InChI is InChI=1S/C12H17N3S/c1-9(2)15-7-12(6-13-15)14-10(3)11-4-5-16-8-11/h4-10,14H,1-3H3. The van der Waals surface area contributed by atoms with E-state index >= 15 is 0 Å². The van der Waals surface area contributed by atoms with Crippen LogP contribution in [-0.4, -0.2) is 9.78 Å². The smallest absolute Gasteiger partial charge is 0.0731 e. The van der Waals surface area contributed by atoms with E-state index in [0.29, 0.717) is 12.1 Å². The first-order chi connectivity index (χ1) is 7.66. The maximum absolute atomic E-state index is 4.31. The Balaban J connectivity index is 2.03. The molecule has 2 heterocycles. The van der Waals surface area contributed by atoms with Gasteiger partial charge in [0.05, 0.1) is 11.9 Å². The maximum atomic E-state index is 4.31. The summed E-state index contributed by atoms with van der Waals surface area (Å²) in [4.78, 5) is 0. The molecule has 1 unspecified atom stereocenters. The van der Waals surface area contributed by atoms with Gasteiger partial charge in [0.1, 0.15) is 0 Å². The van der Waals surface area contributed by atoms with Crippen molar-refractivity contribution in [2.75, 3.05) is 5.32 Å². The first kappa shape index (κ1) is 11.2. The molecule has 0 aliphatic carbocycles. The van der Waals surface area contributed by atoms with Crippen LogP contribution in [0.2, 0.25) is 0 Å². The van der Waals surface area contributed by atoms with E-state index in [9.17, 15) is 0 Å². The Morgan fingerprint density at radius 3 is 2.75 bits per heavy atom. The highest BCUT2D eigenvalue weighted by Gasteiger charge is 2.07. The predicted octanol–water partition coefficient (Wildman–Crippen LogP) is 3.70. The summed E-state index contributed by atoms with van der Waals surface area (Å²) in [5.74, 6) is 0. The summed E-state index contributed by atoms with van der Waals surface area (Å²) in [6.45, 7) is 6.41. The maximum Gasteiger partial charge on any atom is 0.0731 e. The van der Waals surface area contributed by atoms with Crippen LogP contribution in [0.4, 0.5) is 5.69 Å². The molecule has 86 valence electrons. The monoisotopic (exact) mass is 235 g/mol. The van der Waals surface area contributed by atoms with Crippen molar-refractivity contribution in [3.05, 3.63) is 34.8 Å². The number of nitrogens with one attached hydrogen (secondary N) is 1. The molecule has 0 saturated heterocycles. The minimum atomic E-state index is 0.330. The van der Waals surface area contributed by atoms with E-state index in [4.69, 9.17) is 0 Å². The van der Waals surface area contributed by atoms with Gasteiger partial charge in [-0.15, -0.1) is 0 Å². The highest BCUT2D eigenvalue weighted by atomic mass is 32.1. The Labute approximate surface area is 100 Å². The van der Waals surface area contributed by atoms with E-state index in [-0.39, 0.29) is 0 Å². The summed E-state index contributed by atoms with van der Waals surface area (Å²) >= 11 is 1.73. The lowest BCUT2D eigenvalue weighted by atomic mass is 10.2. The molecule has 2 aromatic heterocycles. The largest absolute Gasteiger partial charge is 0.376 e. The van der Waals surface area contributed by atoms with Gasteiger partial charge in [-0.2, -0.15) is 16.4 Å². The second kappa shape index (κ2) is 4.70. The first-order valence-electron chi connectivity index (χ1n) is 5.49. The summed E-state index contributed by atoms with van der Waals surface area (Å²) in [5.41, 5.74) is 2.40. The summed E-state index contributed by atoms with van der Waals surface area (Å²) in [6, 6.07) is 2.89. The topological polar surface area (TPSA) is 29.9 Å². The van der Waals surface area contributed by atoms with Crippen molar-refractivity contribution in [2.24, 2.45) is 0 Å². The van der Waals surface area contributed by atoms with E-state index < -0.39 is 0 Å². The van der Waals surface area contributed by atoms with Gasteiger partial charge >= 0.3 is 0 Å². The van der Waals surface area contributed by atoms with Gasteiger partial charge in [0.15, 0.2) is 0 Å². The van der Waals surface area contributed by atoms with Crippen molar-refractivity contribution in [1.82, 2.24) is 9.78 Å². The molecular formula is C12H17N3S. The molecule has 0 aliphatic heterocycles. The summed E-state index contributed by atoms with van der Waals surface area (Å²) in [7, 11) is 0. The van der Waals surface area contributed by atoms with Crippen LogP contribution < -0.4 is 5.32 Å². The lowest BCUT2D eigenvalue weighted by molar-refractivity contribution is 0.532. The molecule has 2 rings (SSSR count). The Morgan fingerprint density at radius 1 is 1.38 bits per heavy atom. The predicted molar refractivity (Wildman–Crippen MR) is 69.0 cm³/mol. The van der Waals surface area contributed by atoms with Crippen molar-refractivity contribution >= 4 is 17.0 Å². The molecule has 2 aromatic rings. The van der Waals surface area contributed by atoms with Crippen molar-refractivity contribution in [3.63, 3.8) is 0 Å². The van der Waals surface area contributed by atoms with E-state index in [1.165, 1.54) is 5.56 Å². The van der Waals surface area contributed by atoms with Crippen LogP contribution in [0.5, 0.6) is 0 Å². The quantitative estimate of drug-likeness (QED) is 0.875. The molecular weight excluding hydrogens is 218 g/mol. The van der Waals surface area contributed by atoms with Gasteiger partial charge in [-0.1, -0.05) is 0 Å². The Kier molecular flexibility index (Phi) is 3.29. The van der Waals surface area contributed by atoms with Gasteiger partial charge in [-0.05, 0) is 43.2 Å². The third-order valence-corrected chi connectivity index (χ3v) is 3.26. The fourth-order valence-electron chi connectivity index (χ4n) is 1.55. The first-order valence-corrected chi connectivity index (χ1v) is 6.44. The molecule has 0 aromatic carbocycles. The third kappa shape index (κ3) is 2.44. The van der Waals surface area contributed by atoms with Gasteiger partial charge in [0.2, 0.25) is 0 Å². The zero-order valence-electron chi connectivity index (χ0n) is 9.84. The van der Waals surface area contributed by atoms with Gasteiger partial charge in [-0.3, -0.25) is 4.68 Å². The molecule has 0 saturated carbocycles. The van der Waals surface area contributed by atoms with E-state index in [0.717, 1.165) is 5.69 Å². The van der Waals surface area contributed by atoms with E-state index in [1.54, 1.807) is 11.3 Å². The number of rotatable bonds is 4. The molecule has 0 aliphatic rings. The van der Waals surface area contributed by atoms with Crippen LogP contribution >= 0.6 is 11.3 Å². The summed E-state index contributed by atoms with van der Waals surface area (Å²) in [6.07, 6.45) is 3.93. The van der Waals surface area contributed by atoms with Crippen LogP contribution in [0.25, 0.3) is 0 Å². The second-order valence-electron chi connectivity index (χ2n) is 4.23. The van der Waals surface area contributed by atoms with Gasteiger partial charge in [0.25, 0.3) is 0 Å². The van der Waals surface area contributed by atoms with Crippen molar-refractivity contribution in [1.29, 1.82) is 0 Å². The second-order valence-corrected chi connectivity index (χ2v) is 5.01. The Morgan fingerprint density at radius 2 is 2.19 bits per heavy atom. The third-order valence-electron chi connectivity index (χ3n) is 2.56. The molecule has 1 N–H and O–H groups in total. The number of hydrogen-bond acceptors (Lipinski definition) is 3. The molecule has 0 radical (unpaired) electrons. The molecule has 3 nitrogen and oxygen atoms in total. The zero-order chi connectivity index (χ0) is 11.5. The van der Waals surface area contributed by atoms with Crippen LogP contribution in [-0.2, 0) is 0 Å². The SMILES string of the molecule is CC(Nc1cnn(C(C)C)c1)c1ccsc1. The van der Waals surface area contributed by atoms with E-state index in [1.807, 2.05) is 17.1 Å². The Hall–Kier alpha value is -1.29. The lowest BCUT2D eigenvalue weighted by Crippen LogP contribution is -2.05. The van der Waals surface area contributed by atoms with Crippen LogP contribution in [0.15, 0.2) is 29.2 Å². The highest BCUT2D eigenvalue weighted by Crippen LogP contribution is 2.21. The number of thiophene rings is 1. The molecule has 0 spiro atoms. The van der Waals surface area contributed by atoms with Gasteiger partial charge < -0.3 is 5.32 Å². The molecule has 0 fully saturated rings. The minimum absolute atomic E-state index is 0.330. The van der Waals surface area contributed by atoms with Crippen LogP contribution in [0.3, 0.4) is 0 Å². The number of anilines is 1. The number of hydrogen-bond donors (Lipinski definition) is 1. The van der Waals surface area contributed by atoms with Crippen LogP contribution in [0.1, 0.15) is 38.4 Å². The average molecular weight is 235 g/mol. The van der Waals surface area contributed by atoms with Gasteiger partial charge in [0, 0.05) is 18.3 Å². The fourth-order valence-corrected chi connectivity index (χ4v) is 2.30. The normalized spacial score (nSPS) is 13.0. The van der Waals surface area contributed by atoms with Crippen molar-refractivity contribution in [2.45, 2.75) is 32.9 Å². The molecule has 4 heteroatoms. The number of nitrogens with zero attached hydrogens (tertiary/aromatic N) is 2. The zero-order valence-corrected chi connectivity index (χ0v) is 10.7. The van der Waals surface area contributed by atoms with E-state index in [2.05, 4.69) is 48.0 Å². The minimum Gasteiger partial charge on any atom is -0.376 e. The number of aromatic nitrogens is 2. The highest BCUT2D eigenvalue weighted by molar-refractivity contribution is 7.07. The van der Waals surface area contributed by atoms with Crippen molar-refractivity contribution in [3.8, 4) is 0 Å². The van der Waals surface area contributed by atoms with Gasteiger partial charge in [-0.25, -0.2) is 0 Å². The fraction of sp³-hybridized carbons (Fsp3) is 0.417. The molecule has 0 bridgehead atoms. The molecule has 16 heavy (non-hydrogen) atoms. The van der Waals surface area contributed by atoms with Crippen LogP contribution in [0, 0.1) is 0 Å². The summed E-state index contributed by atoms with van der Waals surface area (Å²) in [5, 5.41) is 12.0. The molecule has 0 amide bonds.